The van der Waals surface area contributed by atoms with E-state index < -0.39 is 22.8 Å². The lowest BCUT2D eigenvalue weighted by molar-refractivity contribution is -0.0362. The van der Waals surface area contributed by atoms with Crippen molar-refractivity contribution in [2.45, 2.75) is 50.8 Å². The maximum absolute atomic E-state index is 12.0. The second kappa shape index (κ2) is 6.64. The largest absolute Gasteiger partial charge is 0.444 e. The number of rotatable bonds is 4. The third kappa shape index (κ3) is 7.26. The molecular weight excluding hydrogens is 307 g/mol. The molecule has 1 amide bonds. The standard InChI is InChI=1S/C13H22F3NO3S/c1-11(2,3)20-10(18)17-6-5-12(4,9-17)19-7-8-21-13(14,15)16/h5-9H2,1-4H3. The van der Waals surface area contributed by atoms with Crippen LogP contribution in [0.15, 0.2) is 0 Å². The molecule has 1 atom stereocenters. The topological polar surface area (TPSA) is 38.8 Å². The van der Waals surface area contributed by atoms with Crippen LogP contribution < -0.4 is 0 Å². The Morgan fingerprint density at radius 1 is 1.33 bits per heavy atom. The summed E-state index contributed by atoms with van der Waals surface area (Å²) < 4.78 is 46.8. The van der Waals surface area contributed by atoms with E-state index in [2.05, 4.69) is 0 Å². The van der Waals surface area contributed by atoms with Crippen molar-refractivity contribution in [2.75, 3.05) is 25.4 Å². The fraction of sp³-hybridized carbons (Fsp3) is 0.923. The molecular formula is C13H22F3NO3S. The minimum atomic E-state index is -4.23. The fourth-order valence-corrected chi connectivity index (χ4v) is 2.38. The second-order valence-corrected chi connectivity index (χ2v) is 7.40. The maximum atomic E-state index is 12.0. The Morgan fingerprint density at radius 3 is 2.48 bits per heavy atom. The molecule has 0 radical (unpaired) electrons. The summed E-state index contributed by atoms with van der Waals surface area (Å²) in [5.41, 5.74) is -5.41. The summed E-state index contributed by atoms with van der Waals surface area (Å²) in [6.07, 6.45) is 0.169. The normalized spacial score (nSPS) is 23.5. The van der Waals surface area contributed by atoms with Gasteiger partial charge in [-0.05, 0) is 45.9 Å². The summed E-state index contributed by atoms with van der Waals surface area (Å²) in [6, 6.07) is 0. The number of amides is 1. The van der Waals surface area contributed by atoms with E-state index in [1.54, 1.807) is 27.7 Å². The van der Waals surface area contributed by atoms with Gasteiger partial charge in [-0.15, -0.1) is 0 Å². The molecule has 0 N–H and O–H groups in total. The van der Waals surface area contributed by atoms with E-state index in [1.165, 1.54) is 4.90 Å². The number of ether oxygens (including phenoxy) is 2. The fourth-order valence-electron chi connectivity index (χ4n) is 1.98. The van der Waals surface area contributed by atoms with Crippen molar-refractivity contribution < 1.29 is 27.4 Å². The molecule has 1 heterocycles. The van der Waals surface area contributed by atoms with Crippen LogP contribution in [-0.2, 0) is 9.47 Å². The second-order valence-electron chi connectivity index (χ2n) is 6.24. The Balaban J connectivity index is 2.36. The third-order valence-corrected chi connectivity index (χ3v) is 3.59. The van der Waals surface area contributed by atoms with Crippen LogP contribution in [-0.4, -0.2) is 53.2 Å². The molecule has 1 aliphatic rings. The minimum Gasteiger partial charge on any atom is -0.444 e. The first-order valence-corrected chi connectivity index (χ1v) is 7.71. The van der Waals surface area contributed by atoms with Gasteiger partial charge in [-0.1, -0.05) is 0 Å². The van der Waals surface area contributed by atoms with Crippen molar-refractivity contribution in [3.8, 4) is 0 Å². The van der Waals surface area contributed by atoms with Crippen LogP contribution in [0, 0.1) is 0 Å². The molecule has 0 saturated carbocycles. The SMILES string of the molecule is CC(C)(C)OC(=O)N1CCC(C)(OCCSC(F)(F)F)C1. The number of thioether (sulfide) groups is 1. The van der Waals surface area contributed by atoms with Crippen molar-refractivity contribution in [3.05, 3.63) is 0 Å². The summed E-state index contributed by atoms with van der Waals surface area (Å²) in [4.78, 5) is 13.4. The van der Waals surface area contributed by atoms with E-state index in [0.29, 0.717) is 19.5 Å². The summed E-state index contributed by atoms with van der Waals surface area (Å²) >= 11 is -0.0996. The highest BCUT2D eigenvalue weighted by Gasteiger charge is 2.38. The predicted octanol–water partition coefficient (Wildman–Crippen LogP) is 3.66. The van der Waals surface area contributed by atoms with Crippen LogP contribution in [0.3, 0.4) is 0 Å². The van der Waals surface area contributed by atoms with Crippen LogP contribution in [0.5, 0.6) is 0 Å². The van der Waals surface area contributed by atoms with Crippen LogP contribution in [0.1, 0.15) is 34.1 Å². The molecule has 1 unspecified atom stereocenters. The predicted molar refractivity (Wildman–Crippen MR) is 75.3 cm³/mol. The van der Waals surface area contributed by atoms with Gasteiger partial charge in [0.1, 0.15) is 5.60 Å². The van der Waals surface area contributed by atoms with E-state index in [0.717, 1.165) is 0 Å². The number of nitrogens with zero attached hydrogens (tertiary/aromatic N) is 1. The van der Waals surface area contributed by atoms with Crippen LogP contribution in [0.2, 0.25) is 0 Å². The molecule has 1 saturated heterocycles. The van der Waals surface area contributed by atoms with Gasteiger partial charge in [0.2, 0.25) is 0 Å². The number of hydrogen-bond donors (Lipinski definition) is 0. The van der Waals surface area contributed by atoms with Crippen molar-refractivity contribution >= 4 is 17.9 Å². The molecule has 1 aliphatic heterocycles. The average molecular weight is 329 g/mol. The molecule has 0 aromatic rings. The van der Waals surface area contributed by atoms with Gasteiger partial charge in [-0.25, -0.2) is 4.79 Å². The number of likely N-dealkylation sites (tertiary alicyclic amines) is 1. The zero-order valence-electron chi connectivity index (χ0n) is 12.7. The first-order chi connectivity index (χ1) is 9.40. The third-order valence-electron chi connectivity index (χ3n) is 2.89. The quantitative estimate of drug-likeness (QED) is 0.738. The summed E-state index contributed by atoms with van der Waals surface area (Å²) in [7, 11) is 0. The summed E-state index contributed by atoms with van der Waals surface area (Å²) in [5.74, 6) is -0.147. The van der Waals surface area contributed by atoms with Gasteiger partial charge in [-0.2, -0.15) is 13.2 Å². The molecule has 21 heavy (non-hydrogen) atoms. The van der Waals surface area contributed by atoms with Crippen LogP contribution >= 0.6 is 11.8 Å². The highest BCUT2D eigenvalue weighted by atomic mass is 32.2. The average Bonchev–Trinajstić information content (AvgIpc) is 2.65. The Labute approximate surface area is 127 Å². The molecule has 1 fully saturated rings. The first-order valence-electron chi connectivity index (χ1n) is 6.73. The lowest BCUT2D eigenvalue weighted by Crippen LogP contribution is -2.39. The van der Waals surface area contributed by atoms with E-state index in [1.807, 2.05) is 0 Å². The number of carbonyl (C=O) groups is 1. The van der Waals surface area contributed by atoms with Crippen molar-refractivity contribution in [1.82, 2.24) is 4.90 Å². The molecule has 4 nitrogen and oxygen atoms in total. The Bertz CT molecular complexity index is 371. The van der Waals surface area contributed by atoms with Gasteiger partial charge in [0.25, 0.3) is 0 Å². The number of carbonyl (C=O) groups excluding carboxylic acids is 1. The van der Waals surface area contributed by atoms with Gasteiger partial charge in [0, 0.05) is 12.3 Å². The van der Waals surface area contributed by atoms with Gasteiger partial charge in [0.05, 0.1) is 18.8 Å². The first kappa shape index (κ1) is 18.4. The molecule has 0 bridgehead atoms. The summed E-state index contributed by atoms with van der Waals surface area (Å²) in [5, 5.41) is 0. The van der Waals surface area contributed by atoms with Crippen molar-refractivity contribution in [2.24, 2.45) is 0 Å². The van der Waals surface area contributed by atoms with Crippen LogP contribution in [0.25, 0.3) is 0 Å². The Hall–Kier alpha value is -0.630. The van der Waals surface area contributed by atoms with E-state index in [9.17, 15) is 18.0 Å². The highest BCUT2D eigenvalue weighted by molar-refractivity contribution is 8.00. The lowest BCUT2D eigenvalue weighted by atomic mass is 10.1. The molecule has 0 aromatic carbocycles. The van der Waals surface area contributed by atoms with Crippen LogP contribution in [0.4, 0.5) is 18.0 Å². The Morgan fingerprint density at radius 2 is 1.95 bits per heavy atom. The zero-order chi connectivity index (χ0) is 16.3. The maximum Gasteiger partial charge on any atom is 0.441 e. The van der Waals surface area contributed by atoms with Gasteiger partial charge >= 0.3 is 11.6 Å². The summed E-state index contributed by atoms with van der Waals surface area (Å²) in [6.45, 7) is 7.97. The molecule has 0 spiro atoms. The monoisotopic (exact) mass is 329 g/mol. The number of hydrogen-bond acceptors (Lipinski definition) is 4. The molecule has 0 aliphatic carbocycles. The minimum absolute atomic E-state index is 0.00281. The molecule has 8 heteroatoms. The smallest absolute Gasteiger partial charge is 0.441 e. The van der Waals surface area contributed by atoms with E-state index >= 15 is 0 Å². The molecule has 1 rings (SSSR count). The van der Waals surface area contributed by atoms with Gasteiger partial charge in [0.15, 0.2) is 0 Å². The molecule has 0 aromatic heterocycles. The Kier molecular flexibility index (Phi) is 5.83. The molecule has 124 valence electrons. The van der Waals surface area contributed by atoms with Gasteiger partial charge in [-0.3, -0.25) is 0 Å². The highest BCUT2D eigenvalue weighted by Crippen LogP contribution is 2.31. The number of alkyl halides is 3. The zero-order valence-corrected chi connectivity index (χ0v) is 13.6. The van der Waals surface area contributed by atoms with Crippen molar-refractivity contribution in [3.63, 3.8) is 0 Å². The van der Waals surface area contributed by atoms with Gasteiger partial charge < -0.3 is 14.4 Å². The number of halogens is 3. The van der Waals surface area contributed by atoms with Crippen molar-refractivity contribution in [1.29, 1.82) is 0 Å². The lowest BCUT2D eigenvalue weighted by Gasteiger charge is -2.27. The van der Waals surface area contributed by atoms with E-state index in [4.69, 9.17) is 9.47 Å². The van der Waals surface area contributed by atoms with E-state index in [-0.39, 0.29) is 24.1 Å².